The molecule has 3 aromatic rings. The number of amides is 1. The molecule has 1 amide bonds. The second-order valence-electron chi connectivity index (χ2n) is 5.27. The molecule has 0 atom stereocenters. The van der Waals surface area contributed by atoms with E-state index in [4.69, 9.17) is 0 Å². The molecule has 0 spiro atoms. The van der Waals surface area contributed by atoms with Crippen LogP contribution in [-0.4, -0.2) is 15.9 Å². The molecule has 116 valence electrons. The van der Waals surface area contributed by atoms with E-state index in [-0.39, 0.29) is 5.91 Å². The lowest BCUT2D eigenvalue weighted by atomic mass is 10.2. The zero-order valence-corrected chi connectivity index (χ0v) is 13.6. The van der Waals surface area contributed by atoms with Gasteiger partial charge >= 0.3 is 0 Å². The predicted octanol–water partition coefficient (Wildman–Crippen LogP) is 4.08. The summed E-state index contributed by atoms with van der Waals surface area (Å²) in [6.45, 7) is 2.02. The van der Waals surface area contributed by atoms with Crippen LogP contribution >= 0.6 is 11.3 Å². The summed E-state index contributed by atoms with van der Waals surface area (Å²) in [6.07, 6.45) is 2.80. The fraction of sp³-hybridized carbons (Fsp3) is 0.167. The van der Waals surface area contributed by atoms with Gasteiger partial charge in [-0.1, -0.05) is 23.8 Å². The van der Waals surface area contributed by atoms with Crippen LogP contribution in [0.5, 0.6) is 0 Å². The topological polar surface area (TPSA) is 54.9 Å². The first-order chi connectivity index (χ1) is 11.2. The molecule has 1 N–H and O–H groups in total. The van der Waals surface area contributed by atoms with Crippen molar-refractivity contribution < 1.29 is 4.79 Å². The van der Waals surface area contributed by atoms with Crippen LogP contribution in [0.4, 0.5) is 5.69 Å². The van der Waals surface area contributed by atoms with Crippen LogP contribution in [0, 0.1) is 6.92 Å². The Labute approximate surface area is 139 Å². The summed E-state index contributed by atoms with van der Waals surface area (Å²) in [5.41, 5.74) is 3.79. The highest BCUT2D eigenvalue weighted by Gasteiger charge is 2.08. The number of rotatable bonds is 5. The SMILES string of the molecule is Cc1ccc(NC(=O)CCc2csc(-c3ccccn3)n2)cc1. The standard InChI is InChI=1S/C18H17N3OS/c1-13-5-7-14(8-6-13)20-17(22)10-9-15-12-23-18(21-15)16-4-2-3-11-19-16/h2-8,11-12H,9-10H2,1H3,(H,20,22). The molecular weight excluding hydrogens is 306 g/mol. The highest BCUT2D eigenvalue weighted by atomic mass is 32.1. The Morgan fingerprint density at radius 1 is 1.17 bits per heavy atom. The first kappa shape index (κ1) is 15.4. The van der Waals surface area contributed by atoms with Crippen LogP contribution in [0.2, 0.25) is 0 Å². The minimum absolute atomic E-state index is 0.00115. The van der Waals surface area contributed by atoms with Gasteiger partial charge in [-0.25, -0.2) is 4.98 Å². The van der Waals surface area contributed by atoms with E-state index in [1.165, 1.54) is 5.56 Å². The fourth-order valence-corrected chi connectivity index (χ4v) is 2.96. The molecule has 0 radical (unpaired) electrons. The highest BCUT2D eigenvalue weighted by Crippen LogP contribution is 2.22. The maximum Gasteiger partial charge on any atom is 0.224 e. The maximum absolute atomic E-state index is 12.0. The monoisotopic (exact) mass is 323 g/mol. The minimum atomic E-state index is 0.00115. The Kier molecular flexibility index (Phi) is 4.78. The van der Waals surface area contributed by atoms with Gasteiger partial charge in [-0.2, -0.15) is 0 Å². The van der Waals surface area contributed by atoms with Crippen molar-refractivity contribution in [3.8, 4) is 10.7 Å². The largest absolute Gasteiger partial charge is 0.326 e. The van der Waals surface area contributed by atoms with Crippen LogP contribution in [-0.2, 0) is 11.2 Å². The van der Waals surface area contributed by atoms with Crippen LogP contribution in [0.1, 0.15) is 17.7 Å². The third kappa shape index (κ3) is 4.23. The molecule has 23 heavy (non-hydrogen) atoms. The molecule has 2 aromatic heterocycles. The first-order valence-electron chi connectivity index (χ1n) is 7.43. The van der Waals surface area contributed by atoms with Gasteiger partial charge in [0.25, 0.3) is 0 Å². The third-order valence-corrected chi connectivity index (χ3v) is 4.29. The van der Waals surface area contributed by atoms with Crippen molar-refractivity contribution >= 4 is 22.9 Å². The Hall–Kier alpha value is -2.53. The minimum Gasteiger partial charge on any atom is -0.326 e. The van der Waals surface area contributed by atoms with Crippen molar-refractivity contribution in [3.05, 3.63) is 65.3 Å². The lowest BCUT2D eigenvalue weighted by Gasteiger charge is -2.04. The van der Waals surface area contributed by atoms with Crippen molar-refractivity contribution in [1.29, 1.82) is 0 Å². The van der Waals surface area contributed by atoms with Crippen LogP contribution < -0.4 is 5.32 Å². The molecule has 0 aliphatic heterocycles. The van der Waals surface area contributed by atoms with E-state index < -0.39 is 0 Å². The quantitative estimate of drug-likeness (QED) is 0.769. The zero-order valence-electron chi connectivity index (χ0n) is 12.8. The van der Waals surface area contributed by atoms with E-state index in [2.05, 4.69) is 15.3 Å². The van der Waals surface area contributed by atoms with E-state index in [0.29, 0.717) is 12.8 Å². The zero-order chi connectivity index (χ0) is 16.1. The Bertz CT molecular complexity index is 782. The van der Waals surface area contributed by atoms with E-state index in [9.17, 15) is 4.79 Å². The number of hydrogen-bond donors (Lipinski definition) is 1. The second-order valence-corrected chi connectivity index (χ2v) is 6.13. The molecule has 2 heterocycles. The molecule has 4 nitrogen and oxygen atoms in total. The summed E-state index contributed by atoms with van der Waals surface area (Å²) in [6, 6.07) is 13.5. The molecule has 0 saturated heterocycles. The lowest BCUT2D eigenvalue weighted by Crippen LogP contribution is -2.12. The number of aromatic nitrogens is 2. The fourth-order valence-electron chi connectivity index (χ4n) is 2.13. The molecule has 5 heteroatoms. The van der Waals surface area contributed by atoms with Crippen molar-refractivity contribution in [3.63, 3.8) is 0 Å². The van der Waals surface area contributed by atoms with Gasteiger partial charge in [-0.05, 0) is 37.6 Å². The molecule has 0 saturated carbocycles. The number of nitrogens with one attached hydrogen (secondary N) is 1. The van der Waals surface area contributed by atoms with E-state index >= 15 is 0 Å². The van der Waals surface area contributed by atoms with Gasteiger partial charge < -0.3 is 5.32 Å². The number of nitrogens with zero attached hydrogens (tertiary/aromatic N) is 2. The van der Waals surface area contributed by atoms with Crippen molar-refractivity contribution in [2.45, 2.75) is 19.8 Å². The predicted molar refractivity (Wildman–Crippen MR) is 93.5 cm³/mol. The number of aryl methyl sites for hydroxylation is 2. The van der Waals surface area contributed by atoms with Gasteiger partial charge in [-0.15, -0.1) is 11.3 Å². The Morgan fingerprint density at radius 3 is 2.74 bits per heavy atom. The number of pyridine rings is 1. The van der Waals surface area contributed by atoms with Gasteiger partial charge in [0, 0.05) is 23.7 Å². The highest BCUT2D eigenvalue weighted by molar-refractivity contribution is 7.13. The van der Waals surface area contributed by atoms with Crippen molar-refractivity contribution in [2.75, 3.05) is 5.32 Å². The van der Waals surface area contributed by atoms with Crippen LogP contribution in [0.3, 0.4) is 0 Å². The number of carbonyl (C=O) groups is 1. The number of anilines is 1. The average Bonchev–Trinajstić information content (AvgIpc) is 3.05. The summed E-state index contributed by atoms with van der Waals surface area (Å²) >= 11 is 1.55. The van der Waals surface area contributed by atoms with E-state index in [0.717, 1.165) is 22.1 Å². The summed E-state index contributed by atoms with van der Waals surface area (Å²) in [5, 5.41) is 5.78. The number of thiazole rings is 1. The van der Waals surface area contributed by atoms with Crippen LogP contribution in [0.15, 0.2) is 54.0 Å². The van der Waals surface area contributed by atoms with Crippen molar-refractivity contribution in [2.24, 2.45) is 0 Å². The third-order valence-electron chi connectivity index (χ3n) is 3.38. The van der Waals surface area contributed by atoms with E-state index in [1.807, 2.05) is 54.8 Å². The van der Waals surface area contributed by atoms with Crippen LogP contribution in [0.25, 0.3) is 10.7 Å². The smallest absolute Gasteiger partial charge is 0.224 e. The van der Waals surface area contributed by atoms with Gasteiger partial charge in [0.05, 0.1) is 11.4 Å². The molecule has 1 aromatic carbocycles. The number of carbonyl (C=O) groups excluding carboxylic acids is 1. The normalized spacial score (nSPS) is 10.5. The maximum atomic E-state index is 12.0. The molecule has 0 fully saturated rings. The first-order valence-corrected chi connectivity index (χ1v) is 8.31. The molecule has 3 rings (SSSR count). The van der Waals surface area contributed by atoms with Gasteiger partial charge in [0.2, 0.25) is 5.91 Å². The summed E-state index contributed by atoms with van der Waals surface area (Å²) in [4.78, 5) is 20.8. The second kappa shape index (κ2) is 7.15. The Balaban J connectivity index is 1.55. The number of benzene rings is 1. The van der Waals surface area contributed by atoms with Gasteiger partial charge in [-0.3, -0.25) is 9.78 Å². The average molecular weight is 323 g/mol. The van der Waals surface area contributed by atoms with Gasteiger partial charge in [0.1, 0.15) is 5.01 Å². The molecule has 0 bridgehead atoms. The number of hydrogen-bond acceptors (Lipinski definition) is 4. The molecule has 0 aliphatic carbocycles. The Morgan fingerprint density at radius 2 is 2.00 bits per heavy atom. The molecule has 0 aliphatic rings. The van der Waals surface area contributed by atoms with Crippen molar-refractivity contribution in [1.82, 2.24) is 9.97 Å². The van der Waals surface area contributed by atoms with E-state index in [1.54, 1.807) is 17.5 Å². The molecule has 0 unspecified atom stereocenters. The summed E-state index contributed by atoms with van der Waals surface area (Å²) < 4.78 is 0. The summed E-state index contributed by atoms with van der Waals surface area (Å²) in [7, 11) is 0. The summed E-state index contributed by atoms with van der Waals surface area (Å²) in [5.74, 6) is 0.00115. The van der Waals surface area contributed by atoms with Gasteiger partial charge in [0.15, 0.2) is 0 Å². The molecular formula is C18H17N3OS. The lowest BCUT2D eigenvalue weighted by molar-refractivity contribution is -0.116.